The van der Waals surface area contributed by atoms with E-state index in [1.165, 1.54) is 283 Å². The van der Waals surface area contributed by atoms with E-state index in [2.05, 4.69) is 19.2 Å². The summed E-state index contributed by atoms with van der Waals surface area (Å²) >= 11 is 0. The first kappa shape index (κ1) is 90.7. The molecule has 3 fully saturated rings. The van der Waals surface area contributed by atoms with Crippen LogP contribution in [0.25, 0.3) is 0 Å². The van der Waals surface area contributed by atoms with Crippen molar-refractivity contribution in [1.29, 1.82) is 0 Å². The largest absolute Gasteiger partial charge is 0.394 e. The third-order valence-corrected chi connectivity index (χ3v) is 20.8. The molecule has 12 N–H and O–H groups in total. The molecule has 0 spiro atoms. The fourth-order valence-corrected chi connectivity index (χ4v) is 14.3. The van der Waals surface area contributed by atoms with E-state index >= 15 is 0 Å². The summed E-state index contributed by atoms with van der Waals surface area (Å²) in [7, 11) is 0. The molecule has 1 amide bonds. The van der Waals surface area contributed by atoms with Crippen molar-refractivity contribution in [2.45, 2.75) is 458 Å². The van der Waals surface area contributed by atoms with Crippen LogP contribution in [0.5, 0.6) is 0 Å². The average molecular weight is 1400 g/mol. The molecule has 17 unspecified atom stereocenters. The highest BCUT2D eigenvalue weighted by atomic mass is 16.8. The molecule has 0 aromatic rings. The first-order valence-electron chi connectivity index (χ1n) is 40.9. The molecule has 0 aromatic heterocycles. The van der Waals surface area contributed by atoms with E-state index in [0.29, 0.717) is 6.42 Å². The van der Waals surface area contributed by atoms with Gasteiger partial charge in [-0.3, -0.25) is 4.79 Å². The van der Waals surface area contributed by atoms with Gasteiger partial charge in [0.2, 0.25) is 5.91 Å². The molecule has 0 radical (unpaired) electrons. The molecule has 0 bridgehead atoms. The average Bonchev–Trinajstić information content (AvgIpc) is 0.784. The van der Waals surface area contributed by atoms with Crippen LogP contribution in [0, 0.1) is 0 Å². The van der Waals surface area contributed by atoms with Crippen molar-refractivity contribution in [1.82, 2.24) is 5.32 Å². The lowest BCUT2D eigenvalue weighted by Crippen LogP contribution is -2.66. The first-order valence-corrected chi connectivity index (χ1v) is 40.9. The topological polar surface area (TPSA) is 307 Å². The Kier molecular flexibility index (Phi) is 56.3. The maximum atomic E-state index is 13.5. The van der Waals surface area contributed by atoms with E-state index in [0.717, 1.165) is 44.9 Å². The van der Waals surface area contributed by atoms with Crippen molar-refractivity contribution in [3.8, 4) is 0 Å². The zero-order valence-corrected chi connectivity index (χ0v) is 62.1. The van der Waals surface area contributed by atoms with Crippen LogP contribution < -0.4 is 5.32 Å². The molecule has 3 aliphatic rings. The number of ether oxygens (including phenoxy) is 6. The zero-order chi connectivity index (χ0) is 71.1. The van der Waals surface area contributed by atoms with Gasteiger partial charge in [0.1, 0.15) is 73.2 Å². The van der Waals surface area contributed by atoms with Gasteiger partial charge in [-0.05, 0) is 19.3 Å². The van der Waals surface area contributed by atoms with Crippen molar-refractivity contribution in [2.75, 3.05) is 26.4 Å². The minimum atomic E-state index is -1.98. The smallest absolute Gasteiger partial charge is 0.220 e. The van der Waals surface area contributed by atoms with E-state index in [1.807, 2.05) is 6.08 Å². The van der Waals surface area contributed by atoms with Gasteiger partial charge in [-0.15, -0.1) is 0 Å². The molecule has 19 heteroatoms. The molecular formula is C79H151NO18. The predicted octanol–water partition coefficient (Wildman–Crippen LogP) is 13.6. The Morgan fingerprint density at radius 2 is 0.633 bits per heavy atom. The third-order valence-electron chi connectivity index (χ3n) is 20.8. The molecule has 3 rings (SSSR count). The monoisotopic (exact) mass is 1400 g/mol. The summed E-state index contributed by atoms with van der Waals surface area (Å²) in [6, 6.07) is -0.970. The quantitative estimate of drug-likeness (QED) is 0.0199. The summed E-state index contributed by atoms with van der Waals surface area (Å²) in [6.45, 7) is 1.81. The molecule has 0 saturated carbocycles. The van der Waals surface area contributed by atoms with Gasteiger partial charge in [0.05, 0.1) is 38.6 Å². The van der Waals surface area contributed by atoms with Crippen molar-refractivity contribution in [3.63, 3.8) is 0 Å². The second-order valence-corrected chi connectivity index (χ2v) is 29.6. The van der Waals surface area contributed by atoms with Crippen molar-refractivity contribution < 1.29 is 89.4 Å². The number of aliphatic hydroxyl groups is 11. The van der Waals surface area contributed by atoms with Crippen LogP contribution in [0.4, 0.5) is 0 Å². The summed E-state index contributed by atoms with van der Waals surface area (Å²) in [5.41, 5.74) is 0. The predicted molar refractivity (Wildman–Crippen MR) is 388 cm³/mol. The molecular weight excluding hydrogens is 1250 g/mol. The Labute approximate surface area is 595 Å². The fraction of sp³-hybridized carbons (Fsp3) is 0.962. The summed E-state index contributed by atoms with van der Waals surface area (Å²) in [5.74, 6) is -0.266. The van der Waals surface area contributed by atoms with Gasteiger partial charge >= 0.3 is 0 Å². The Morgan fingerprint density at radius 1 is 0.357 bits per heavy atom. The lowest BCUT2D eigenvalue weighted by atomic mass is 9.96. The number of nitrogens with one attached hydrogen (secondary N) is 1. The van der Waals surface area contributed by atoms with Crippen molar-refractivity contribution in [3.05, 3.63) is 12.2 Å². The second-order valence-electron chi connectivity index (χ2n) is 29.6. The fourth-order valence-electron chi connectivity index (χ4n) is 14.3. The van der Waals surface area contributed by atoms with Crippen LogP contribution in [0.3, 0.4) is 0 Å². The van der Waals surface area contributed by atoms with Crippen LogP contribution in [0.2, 0.25) is 0 Å². The molecule has 0 aliphatic carbocycles. The van der Waals surface area contributed by atoms with E-state index in [-0.39, 0.29) is 18.9 Å². The molecule has 19 nitrogen and oxygen atoms in total. The second kappa shape index (κ2) is 60.8. The Morgan fingerprint density at radius 3 is 0.959 bits per heavy atom. The normalized spacial score (nSPS) is 26.7. The highest BCUT2D eigenvalue weighted by Crippen LogP contribution is 2.33. The number of hydrogen-bond acceptors (Lipinski definition) is 18. The highest BCUT2D eigenvalue weighted by Gasteiger charge is 2.54. The van der Waals surface area contributed by atoms with Crippen LogP contribution in [0.1, 0.15) is 354 Å². The van der Waals surface area contributed by atoms with Gasteiger partial charge in [-0.1, -0.05) is 341 Å². The van der Waals surface area contributed by atoms with Crippen molar-refractivity contribution in [2.24, 2.45) is 0 Å². The molecule has 3 heterocycles. The number of amides is 1. The van der Waals surface area contributed by atoms with Crippen LogP contribution in [0.15, 0.2) is 12.2 Å². The van der Waals surface area contributed by atoms with Gasteiger partial charge in [-0.2, -0.15) is 0 Å². The number of unbranched alkanes of at least 4 members (excludes halogenated alkanes) is 50. The summed E-state index contributed by atoms with van der Waals surface area (Å²) in [4.78, 5) is 13.5. The molecule has 17 atom stereocenters. The van der Waals surface area contributed by atoms with E-state index < -0.39 is 124 Å². The third kappa shape index (κ3) is 40.7. The highest BCUT2D eigenvalue weighted by molar-refractivity contribution is 5.76. The first-order chi connectivity index (χ1) is 47.8. The van der Waals surface area contributed by atoms with Gasteiger partial charge in [0.25, 0.3) is 0 Å². The number of carbonyl (C=O) groups is 1. The molecule has 98 heavy (non-hydrogen) atoms. The lowest BCUT2D eigenvalue weighted by molar-refractivity contribution is -0.379. The van der Waals surface area contributed by atoms with Gasteiger partial charge in [0.15, 0.2) is 18.9 Å². The van der Waals surface area contributed by atoms with E-state index in [9.17, 15) is 61.0 Å². The Hall–Kier alpha value is -1.47. The Bertz CT molecular complexity index is 1820. The maximum Gasteiger partial charge on any atom is 0.220 e. The van der Waals surface area contributed by atoms with Crippen LogP contribution in [-0.4, -0.2) is 193 Å². The van der Waals surface area contributed by atoms with Crippen LogP contribution in [-0.2, 0) is 33.2 Å². The van der Waals surface area contributed by atoms with E-state index in [4.69, 9.17) is 28.4 Å². The number of hydrogen-bond donors (Lipinski definition) is 12. The molecule has 580 valence electrons. The van der Waals surface area contributed by atoms with E-state index in [1.54, 1.807) is 6.08 Å². The number of carbonyl (C=O) groups excluding carboxylic acids is 1. The van der Waals surface area contributed by atoms with Gasteiger partial charge < -0.3 is 89.9 Å². The standard InChI is InChI=1S/C79H151NO18/c1-3-5-7-9-11-13-15-17-19-21-23-25-27-29-31-32-34-36-38-40-42-44-46-48-50-52-54-56-63(84)62(80-67(85)57-55-53-51-49-47-45-43-41-39-37-35-33-30-28-26-24-22-20-18-16-14-12-10-8-6-4-2)61-93-77-73(91)70(88)75(65(59-82)95-77)98-79-74(92)71(89)76(66(60-83)96-79)97-78-72(90)69(87)68(86)64(58-81)94-78/h54,56,62-66,68-79,81-84,86-92H,3-53,55,57-61H2,1-2H3,(H,80,85)/b56-54+. The number of rotatable bonds is 66. The summed E-state index contributed by atoms with van der Waals surface area (Å²) in [6.07, 6.45) is 44.9. The zero-order valence-electron chi connectivity index (χ0n) is 62.1. The SMILES string of the molecule is CCCCCCCCCCCCCCCCCCCCCCCCCCC/C=C/C(O)C(COC1OC(CO)C(OC2OC(CO)C(OC3OC(CO)C(O)C(O)C3O)C(O)C2O)C(O)C1O)NC(=O)CCCCCCCCCCCCCCCCCCCCCCCCCCCC. The number of aliphatic hydroxyl groups excluding tert-OH is 11. The van der Waals surface area contributed by atoms with Crippen molar-refractivity contribution >= 4 is 5.91 Å². The maximum absolute atomic E-state index is 13.5. The minimum Gasteiger partial charge on any atom is -0.394 e. The molecule has 3 saturated heterocycles. The number of allylic oxidation sites excluding steroid dienone is 1. The summed E-state index contributed by atoms with van der Waals surface area (Å²) < 4.78 is 34.5. The summed E-state index contributed by atoms with van der Waals surface area (Å²) in [5, 5.41) is 121. The van der Waals surface area contributed by atoms with Gasteiger partial charge in [0, 0.05) is 6.42 Å². The minimum absolute atomic E-state index is 0.250. The molecule has 3 aliphatic heterocycles. The molecule has 0 aromatic carbocycles. The van der Waals surface area contributed by atoms with Gasteiger partial charge in [-0.25, -0.2) is 0 Å². The lowest BCUT2D eigenvalue weighted by Gasteiger charge is -2.48. The Balaban J connectivity index is 1.37. The van der Waals surface area contributed by atoms with Crippen LogP contribution >= 0.6 is 0 Å².